The molecular formula is C19H21F5N6OS. The molecule has 5 N–H and O–H groups in total. The zero-order valence-corrected chi connectivity index (χ0v) is 17.7. The van der Waals surface area contributed by atoms with Gasteiger partial charge in [-0.2, -0.15) is 13.2 Å². The molecule has 1 aromatic heterocycles. The second kappa shape index (κ2) is 8.98. The second-order valence-corrected chi connectivity index (χ2v) is 8.40. The predicted molar refractivity (Wildman–Crippen MR) is 110 cm³/mol. The van der Waals surface area contributed by atoms with E-state index in [2.05, 4.69) is 15.4 Å². The monoisotopic (exact) mass is 476 g/mol. The number of nitrogens with two attached hydrogens (primary N) is 2. The molecule has 0 spiro atoms. The molecule has 1 aliphatic rings. The van der Waals surface area contributed by atoms with Gasteiger partial charge in [0.2, 0.25) is 11.8 Å². The molecule has 32 heavy (non-hydrogen) atoms. The number of hydrazine groups is 1. The number of carbonyl (C=O) groups is 1. The average Bonchev–Trinajstić information content (AvgIpc) is 3.28. The lowest BCUT2D eigenvalue weighted by molar-refractivity contribution is -0.140. The van der Waals surface area contributed by atoms with E-state index in [1.54, 1.807) is 24.3 Å². The lowest BCUT2D eigenvalue weighted by Crippen LogP contribution is -2.28. The first-order valence-electron chi connectivity index (χ1n) is 9.50. The molecule has 2 aromatic rings. The molecule has 1 amide bonds. The van der Waals surface area contributed by atoms with Crippen molar-refractivity contribution < 1.29 is 26.7 Å². The van der Waals surface area contributed by atoms with Gasteiger partial charge in [0, 0.05) is 30.8 Å². The lowest BCUT2D eigenvalue weighted by atomic mass is 9.83. The molecule has 174 valence electrons. The third-order valence-corrected chi connectivity index (χ3v) is 5.81. The number of alkyl halides is 5. The Hall–Kier alpha value is -2.80. The van der Waals surface area contributed by atoms with Crippen LogP contribution in [0.25, 0.3) is 0 Å². The van der Waals surface area contributed by atoms with Crippen LogP contribution in [0.3, 0.4) is 0 Å². The van der Waals surface area contributed by atoms with E-state index in [0.717, 1.165) is 10.5 Å². The number of amides is 1. The van der Waals surface area contributed by atoms with Crippen molar-refractivity contribution in [3.8, 4) is 0 Å². The number of hydrogen-bond donors (Lipinski definition) is 3. The fourth-order valence-corrected chi connectivity index (χ4v) is 4.36. The Morgan fingerprint density at radius 2 is 2.00 bits per heavy atom. The van der Waals surface area contributed by atoms with E-state index in [1.165, 1.54) is 7.05 Å². The Balaban J connectivity index is 1.87. The Labute approximate surface area is 184 Å². The van der Waals surface area contributed by atoms with Crippen LogP contribution in [0.1, 0.15) is 42.0 Å². The first-order valence-corrected chi connectivity index (χ1v) is 10.4. The Bertz CT molecular complexity index is 989. The highest BCUT2D eigenvalue weighted by molar-refractivity contribution is 7.13. The highest BCUT2D eigenvalue weighted by Gasteiger charge is 2.45. The zero-order valence-electron chi connectivity index (χ0n) is 16.9. The fourth-order valence-electron chi connectivity index (χ4n) is 3.64. The maximum absolute atomic E-state index is 13.9. The molecule has 0 aliphatic heterocycles. The molecule has 1 heterocycles. The molecular weight excluding hydrogens is 455 g/mol. The minimum Gasteiger partial charge on any atom is -0.382 e. The first-order chi connectivity index (χ1) is 14.9. The molecule has 3 rings (SSSR count). The number of nitrogens with one attached hydrogen (secondary N) is 1. The summed E-state index contributed by atoms with van der Waals surface area (Å²) in [6, 6.07) is 6.24. The molecule has 0 bridgehead atoms. The van der Waals surface area contributed by atoms with Gasteiger partial charge in [0.25, 0.3) is 0 Å². The van der Waals surface area contributed by atoms with Crippen LogP contribution < -0.4 is 16.9 Å². The summed E-state index contributed by atoms with van der Waals surface area (Å²) in [5.41, 5.74) is 5.62. The summed E-state index contributed by atoms with van der Waals surface area (Å²) in [6.07, 6.45) is -5.42. The third kappa shape index (κ3) is 5.71. The van der Waals surface area contributed by atoms with E-state index >= 15 is 0 Å². The highest BCUT2D eigenvalue weighted by Crippen LogP contribution is 2.46. The van der Waals surface area contributed by atoms with Crippen LogP contribution in [0.15, 0.2) is 34.7 Å². The SMILES string of the molecule is CN(N)/N=C(\N)c1ccc(C(C(=O)Nc2nc(C(F)(F)F)cs2)C2CCC(F)(F)C2)cc1. The summed E-state index contributed by atoms with van der Waals surface area (Å²) in [5, 5.41) is 7.75. The van der Waals surface area contributed by atoms with Crippen molar-refractivity contribution in [2.75, 3.05) is 12.4 Å². The molecule has 2 atom stereocenters. The summed E-state index contributed by atoms with van der Waals surface area (Å²) in [6.45, 7) is 0. The number of benzene rings is 1. The molecule has 2 unspecified atom stereocenters. The maximum atomic E-state index is 13.9. The van der Waals surface area contributed by atoms with Crippen LogP contribution in [0, 0.1) is 5.92 Å². The van der Waals surface area contributed by atoms with Crippen molar-refractivity contribution in [2.45, 2.75) is 37.3 Å². The number of nitrogens with zero attached hydrogens (tertiary/aromatic N) is 3. The number of thiazole rings is 1. The van der Waals surface area contributed by atoms with Crippen molar-refractivity contribution >= 4 is 28.2 Å². The van der Waals surface area contributed by atoms with E-state index in [4.69, 9.17) is 11.6 Å². The largest absolute Gasteiger partial charge is 0.434 e. The van der Waals surface area contributed by atoms with Gasteiger partial charge in [-0.05, 0) is 17.9 Å². The number of aromatic nitrogens is 1. The number of amidine groups is 1. The van der Waals surface area contributed by atoms with Crippen LogP contribution in [-0.2, 0) is 11.0 Å². The predicted octanol–water partition coefficient (Wildman–Crippen LogP) is 3.75. The van der Waals surface area contributed by atoms with Gasteiger partial charge in [0.15, 0.2) is 16.7 Å². The number of halogens is 5. The minimum absolute atomic E-state index is 0.0973. The Morgan fingerprint density at radius 1 is 1.34 bits per heavy atom. The van der Waals surface area contributed by atoms with Gasteiger partial charge in [-0.3, -0.25) is 4.79 Å². The highest BCUT2D eigenvalue weighted by atomic mass is 32.1. The third-order valence-electron chi connectivity index (χ3n) is 5.05. The number of hydrazone groups is 1. The van der Waals surface area contributed by atoms with Crippen molar-refractivity contribution in [1.29, 1.82) is 0 Å². The Kier molecular flexibility index (Phi) is 6.69. The van der Waals surface area contributed by atoms with Crippen LogP contribution in [0.4, 0.5) is 27.1 Å². The van der Waals surface area contributed by atoms with Crippen LogP contribution in [0.5, 0.6) is 0 Å². The summed E-state index contributed by atoms with van der Waals surface area (Å²) in [4.78, 5) is 16.4. The molecule has 0 saturated heterocycles. The van der Waals surface area contributed by atoms with E-state index in [-0.39, 0.29) is 23.8 Å². The van der Waals surface area contributed by atoms with Gasteiger partial charge in [-0.25, -0.2) is 24.7 Å². The maximum Gasteiger partial charge on any atom is 0.434 e. The number of hydrogen-bond acceptors (Lipinski definition) is 6. The molecule has 1 aliphatic carbocycles. The molecule has 1 saturated carbocycles. The normalized spacial score (nSPS) is 19.6. The van der Waals surface area contributed by atoms with Crippen molar-refractivity contribution in [3.63, 3.8) is 0 Å². The van der Waals surface area contributed by atoms with E-state index in [9.17, 15) is 26.7 Å². The van der Waals surface area contributed by atoms with Crippen LogP contribution in [0.2, 0.25) is 0 Å². The standard InChI is InChI=1S/C19H21F5N6OS/c1-30(26)29-15(25)11-4-2-10(3-5-11)14(12-6-7-18(20,21)8-12)16(31)28-17-27-13(9-32-17)19(22,23)24/h2-5,9,12,14H,6-8,26H2,1H3,(H2,25,29)(H,27,28,31). The summed E-state index contributed by atoms with van der Waals surface area (Å²) in [7, 11) is 1.48. The average molecular weight is 476 g/mol. The fraction of sp³-hybridized carbons (Fsp3) is 0.421. The quantitative estimate of drug-likeness (QED) is 0.193. The van der Waals surface area contributed by atoms with Gasteiger partial charge < -0.3 is 11.1 Å². The van der Waals surface area contributed by atoms with Gasteiger partial charge in [0.1, 0.15) is 0 Å². The molecule has 7 nitrogen and oxygen atoms in total. The van der Waals surface area contributed by atoms with E-state index in [1.807, 2.05) is 0 Å². The van der Waals surface area contributed by atoms with Gasteiger partial charge in [-0.15, -0.1) is 16.4 Å². The molecule has 0 radical (unpaired) electrons. The summed E-state index contributed by atoms with van der Waals surface area (Å²) < 4.78 is 66.1. The topological polar surface area (TPSA) is 110 Å². The van der Waals surface area contributed by atoms with Crippen molar-refractivity contribution in [1.82, 2.24) is 10.1 Å². The lowest BCUT2D eigenvalue weighted by Gasteiger charge is -2.23. The number of anilines is 1. The van der Waals surface area contributed by atoms with Gasteiger partial charge >= 0.3 is 6.18 Å². The zero-order chi connectivity index (χ0) is 23.7. The van der Waals surface area contributed by atoms with E-state index in [0.29, 0.717) is 22.5 Å². The van der Waals surface area contributed by atoms with Crippen LogP contribution in [-0.4, -0.2) is 34.8 Å². The van der Waals surface area contributed by atoms with Gasteiger partial charge in [-0.1, -0.05) is 24.3 Å². The minimum atomic E-state index is -4.65. The van der Waals surface area contributed by atoms with Crippen molar-refractivity contribution in [3.05, 3.63) is 46.5 Å². The van der Waals surface area contributed by atoms with Gasteiger partial charge in [0.05, 0.1) is 5.92 Å². The summed E-state index contributed by atoms with van der Waals surface area (Å²) in [5.74, 6) is 0.222. The number of rotatable bonds is 6. The molecule has 13 heteroatoms. The van der Waals surface area contributed by atoms with E-state index < -0.39 is 42.0 Å². The number of carbonyl (C=O) groups excluding carboxylic acids is 1. The second-order valence-electron chi connectivity index (χ2n) is 7.54. The Morgan fingerprint density at radius 3 is 2.50 bits per heavy atom. The first kappa shape index (κ1) is 23.9. The molecule has 1 fully saturated rings. The van der Waals surface area contributed by atoms with Crippen LogP contribution >= 0.6 is 11.3 Å². The summed E-state index contributed by atoms with van der Waals surface area (Å²) >= 11 is 0.612. The van der Waals surface area contributed by atoms with Crippen molar-refractivity contribution in [2.24, 2.45) is 22.6 Å². The smallest absolute Gasteiger partial charge is 0.382 e. The molecule has 1 aromatic carbocycles.